The fourth-order valence-corrected chi connectivity index (χ4v) is 8.81. The normalized spacial score (nSPS) is 40.0. The molecule has 0 aromatic rings. The van der Waals surface area contributed by atoms with Gasteiger partial charge in [0, 0.05) is 0 Å². The first-order valence-electron chi connectivity index (χ1n) is 7.96. The summed E-state index contributed by atoms with van der Waals surface area (Å²) in [6.07, 6.45) is 7.93. The number of carbonyl (C=O) groups is 1. The van der Waals surface area contributed by atoms with E-state index in [0.29, 0.717) is 0 Å². The maximum Gasteiger partial charge on any atom is 0.306 e. The summed E-state index contributed by atoms with van der Waals surface area (Å²) in [5.41, 5.74) is 0. The molecule has 0 unspecified atom stereocenters. The lowest BCUT2D eigenvalue weighted by atomic mass is 9.74. The first-order valence-corrected chi connectivity index (χ1v) is 11.6. The minimum atomic E-state index is -1.40. The number of hydrogen-bond acceptors (Lipinski definition) is 1. The third kappa shape index (κ3) is 3.97. The van der Waals surface area contributed by atoms with Crippen molar-refractivity contribution < 1.29 is 9.90 Å². The summed E-state index contributed by atoms with van der Waals surface area (Å²) in [6, 6.07) is 3.88. The molecule has 110 valence electrons. The number of hydrogen-bond donors (Lipinski definition) is 1. The van der Waals surface area contributed by atoms with Crippen molar-refractivity contribution in [1.29, 1.82) is 0 Å². The Morgan fingerprint density at radius 2 is 1.63 bits per heavy atom. The Kier molecular flexibility index (Phi) is 5.35. The van der Waals surface area contributed by atoms with Crippen LogP contribution in [0.1, 0.15) is 51.9 Å². The third-order valence-electron chi connectivity index (χ3n) is 5.41. The molecule has 2 nitrogen and oxygen atoms in total. The third-order valence-corrected chi connectivity index (χ3v) is 10.9. The maximum absolute atomic E-state index is 11.0. The van der Waals surface area contributed by atoms with Crippen LogP contribution in [0.15, 0.2) is 0 Å². The maximum atomic E-state index is 11.0. The topological polar surface area (TPSA) is 37.3 Å². The largest absolute Gasteiger partial charge is 0.481 e. The Balaban J connectivity index is 1.78. The minimum absolute atomic E-state index is 0.0681. The molecule has 2 aliphatic rings. The molecule has 0 spiro atoms. The molecule has 1 aliphatic heterocycles. The van der Waals surface area contributed by atoms with E-state index in [1.807, 2.05) is 0 Å². The molecule has 0 aromatic carbocycles. The van der Waals surface area contributed by atoms with Gasteiger partial charge in [-0.05, 0) is 55.7 Å². The van der Waals surface area contributed by atoms with Gasteiger partial charge in [-0.15, -0.1) is 0 Å². The van der Waals surface area contributed by atoms with Crippen LogP contribution in [0.25, 0.3) is 0 Å². The van der Waals surface area contributed by atoms with Gasteiger partial charge < -0.3 is 5.11 Å². The molecule has 4 heteroatoms. The van der Waals surface area contributed by atoms with E-state index in [1.165, 1.54) is 37.4 Å². The Bertz CT molecular complexity index is 305. The van der Waals surface area contributed by atoms with Gasteiger partial charge in [0.15, 0.2) is 7.38 Å². The molecule has 0 bridgehead atoms. The van der Waals surface area contributed by atoms with Crippen molar-refractivity contribution in [3.63, 3.8) is 0 Å². The fraction of sp³-hybridized carbons (Fsp3) is 0.933. The van der Waals surface area contributed by atoms with Crippen molar-refractivity contribution in [2.75, 3.05) is 0 Å². The Labute approximate surface area is 122 Å². The molecule has 1 saturated carbocycles. The smallest absolute Gasteiger partial charge is 0.306 e. The monoisotopic (exact) mass is 302 g/mol. The summed E-state index contributed by atoms with van der Waals surface area (Å²) in [5, 5.41) is 9.05. The number of aliphatic carboxylic acids is 1. The van der Waals surface area contributed by atoms with Gasteiger partial charge in [0.05, 0.1) is 5.92 Å². The summed E-state index contributed by atoms with van der Waals surface area (Å²) in [6.45, 7) is 2.25. The highest BCUT2D eigenvalue weighted by atomic mass is 35.6. The fourth-order valence-electron chi connectivity index (χ4n) is 4.16. The van der Waals surface area contributed by atoms with Crippen LogP contribution < -0.4 is 0 Å². The predicted octanol–water partition coefficient (Wildman–Crippen LogP) is 4.88. The van der Waals surface area contributed by atoms with E-state index < -0.39 is 13.4 Å². The van der Waals surface area contributed by atoms with Gasteiger partial charge in [-0.1, -0.05) is 26.2 Å². The van der Waals surface area contributed by atoms with Crippen LogP contribution >= 0.6 is 11.1 Å². The first kappa shape index (κ1) is 15.4. The highest BCUT2D eigenvalue weighted by Gasteiger charge is 2.38. The van der Waals surface area contributed by atoms with Crippen LogP contribution in [0.2, 0.25) is 18.1 Å². The van der Waals surface area contributed by atoms with E-state index in [1.54, 1.807) is 0 Å². The number of carboxylic acid groups (broad SMARTS) is 1. The molecule has 1 aliphatic carbocycles. The van der Waals surface area contributed by atoms with Crippen LogP contribution in [0, 0.1) is 17.8 Å². The van der Waals surface area contributed by atoms with E-state index in [4.69, 9.17) is 16.2 Å². The number of rotatable bonds is 4. The summed E-state index contributed by atoms with van der Waals surface area (Å²) >= 11 is 6.81. The van der Waals surface area contributed by atoms with E-state index in [-0.39, 0.29) is 5.92 Å². The zero-order valence-corrected chi connectivity index (χ0v) is 13.8. The molecule has 2 fully saturated rings. The van der Waals surface area contributed by atoms with Gasteiger partial charge in [-0.25, -0.2) is 0 Å². The lowest BCUT2D eigenvalue weighted by Gasteiger charge is -2.39. The van der Waals surface area contributed by atoms with Crippen LogP contribution in [-0.4, -0.2) is 18.5 Å². The van der Waals surface area contributed by atoms with Gasteiger partial charge in [-0.3, -0.25) is 4.79 Å². The van der Waals surface area contributed by atoms with E-state index in [9.17, 15) is 4.79 Å². The SMILES string of the molecule is CCC[Si]1(Cl)CCC(C2CCC(C(=O)O)CC2)CC1. The molecule has 1 saturated heterocycles. The summed E-state index contributed by atoms with van der Waals surface area (Å²) in [5.74, 6) is 0.970. The zero-order chi connectivity index (χ0) is 13.9. The number of halogens is 1. The van der Waals surface area contributed by atoms with Crippen LogP contribution in [0.5, 0.6) is 0 Å². The van der Waals surface area contributed by atoms with Crippen molar-refractivity contribution in [3.8, 4) is 0 Å². The Morgan fingerprint density at radius 3 is 2.11 bits per heavy atom. The molecule has 0 atom stereocenters. The van der Waals surface area contributed by atoms with Gasteiger partial charge in [0.2, 0.25) is 0 Å². The molecule has 1 heterocycles. The molecular formula is C15H27ClO2Si. The zero-order valence-electron chi connectivity index (χ0n) is 12.0. The second-order valence-electron chi connectivity index (χ2n) is 6.69. The van der Waals surface area contributed by atoms with Crippen LogP contribution in [0.3, 0.4) is 0 Å². The Hall–Kier alpha value is -0.0231. The van der Waals surface area contributed by atoms with E-state index in [2.05, 4.69) is 6.92 Å². The van der Waals surface area contributed by atoms with Crippen LogP contribution in [-0.2, 0) is 4.79 Å². The second-order valence-corrected chi connectivity index (χ2v) is 12.9. The summed E-state index contributed by atoms with van der Waals surface area (Å²) in [7, 11) is -1.40. The van der Waals surface area contributed by atoms with Crippen molar-refractivity contribution in [2.45, 2.75) is 70.0 Å². The van der Waals surface area contributed by atoms with Gasteiger partial charge in [-0.2, -0.15) is 11.1 Å². The molecule has 0 aromatic heterocycles. The lowest BCUT2D eigenvalue weighted by Crippen LogP contribution is -2.35. The van der Waals surface area contributed by atoms with E-state index in [0.717, 1.165) is 37.5 Å². The minimum Gasteiger partial charge on any atom is -0.481 e. The van der Waals surface area contributed by atoms with Crippen molar-refractivity contribution >= 4 is 24.4 Å². The molecular weight excluding hydrogens is 276 g/mol. The molecule has 0 radical (unpaired) electrons. The summed E-state index contributed by atoms with van der Waals surface area (Å²) in [4.78, 5) is 11.0. The van der Waals surface area contributed by atoms with Crippen LogP contribution in [0.4, 0.5) is 0 Å². The van der Waals surface area contributed by atoms with E-state index >= 15 is 0 Å². The standard InChI is InChI=1S/C15H27ClO2Si/c1-2-9-19(16)10-7-13(8-11-19)12-3-5-14(6-4-12)15(17)18/h12-14H,2-11H2,1H3,(H,17,18). The second kappa shape index (κ2) is 6.62. The molecule has 1 N–H and O–H groups in total. The molecule has 0 amide bonds. The van der Waals surface area contributed by atoms with Gasteiger partial charge in [0.1, 0.15) is 0 Å². The number of carboxylic acids is 1. The molecule has 2 rings (SSSR count). The van der Waals surface area contributed by atoms with Gasteiger partial charge >= 0.3 is 5.97 Å². The highest BCUT2D eigenvalue weighted by Crippen LogP contribution is 2.45. The predicted molar refractivity (Wildman–Crippen MR) is 82.1 cm³/mol. The highest BCUT2D eigenvalue weighted by molar-refractivity contribution is 7.20. The average molecular weight is 303 g/mol. The quantitative estimate of drug-likeness (QED) is 0.593. The van der Waals surface area contributed by atoms with Crippen molar-refractivity contribution in [1.82, 2.24) is 0 Å². The Morgan fingerprint density at radius 1 is 1.11 bits per heavy atom. The van der Waals surface area contributed by atoms with Crippen molar-refractivity contribution in [3.05, 3.63) is 0 Å². The summed E-state index contributed by atoms with van der Waals surface area (Å²) < 4.78 is 0. The first-order chi connectivity index (χ1) is 9.04. The van der Waals surface area contributed by atoms with Crippen molar-refractivity contribution in [2.24, 2.45) is 17.8 Å². The average Bonchev–Trinajstić information content (AvgIpc) is 2.40. The lowest BCUT2D eigenvalue weighted by molar-refractivity contribution is -0.143. The van der Waals surface area contributed by atoms with Gasteiger partial charge in [0.25, 0.3) is 0 Å². The molecule has 19 heavy (non-hydrogen) atoms.